The van der Waals surface area contributed by atoms with Crippen LogP contribution in [0.5, 0.6) is 0 Å². The molecule has 1 atom stereocenters. The van der Waals surface area contributed by atoms with E-state index in [1.54, 1.807) is 0 Å². The largest absolute Gasteiger partial charge is 0.365 e. The fourth-order valence-electron chi connectivity index (χ4n) is 4.06. The average Bonchev–Trinajstić information content (AvgIpc) is 3.21. The number of nitrogens with one attached hydrogen (secondary N) is 1. The first-order chi connectivity index (χ1) is 14.1. The molecule has 5 nitrogen and oxygen atoms in total. The molecule has 1 saturated carbocycles. The summed E-state index contributed by atoms with van der Waals surface area (Å²) in [6.45, 7) is 15.7. The second kappa shape index (κ2) is 9.04. The number of hydrogen-bond acceptors (Lipinski definition) is 4. The van der Waals surface area contributed by atoms with E-state index < -0.39 is 0 Å². The summed E-state index contributed by atoms with van der Waals surface area (Å²) in [7, 11) is 0. The molecule has 0 radical (unpaired) electrons. The lowest BCUT2D eigenvalue weighted by atomic mass is 9.90. The van der Waals surface area contributed by atoms with Crippen LogP contribution in [0.15, 0.2) is 50.3 Å². The average molecular weight is 473 g/mol. The molecule has 1 aliphatic heterocycles. The number of nitrogens with zero attached hydrogens (tertiary/aromatic N) is 3. The minimum Gasteiger partial charge on any atom is -0.365 e. The number of hydrogen-bond donors (Lipinski definition) is 1. The number of pyridine rings is 1. The monoisotopic (exact) mass is 472 g/mol. The Kier molecular flexibility index (Phi) is 6.85. The summed E-state index contributed by atoms with van der Waals surface area (Å²) in [5.74, 6) is 1.25. The number of rotatable bonds is 7. The quantitative estimate of drug-likeness (QED) is 0.256. The summed E-state index contributed by atoms with van der Waals surface area (Å²) in [6, 6.07) is 5.98. The normalized spacial score (nSPS) is 20.6. The summed E-state index contributed by atoms with van der Waals surface area (Å²) >= 11 is 3.45. The number of aromatic nitrogens is 1. The van der Waals surface area contributed by atoms with E-state index in [4.69, 9.17) is 0 Å². The molecule has 0 bridgehead atoms. The first kappa shape index (κ1) is 22.7. The zero-order valence-corrected chi connectivity index (χ0v) is 20.3. The van der Waals surface area contributed by atoms with Gasteiger partial charge in [0.1, 0.15) is 10.4 Å². The van der Waals surface area contributed by atoms with E-state index >= 15 is 0 Å². The smallest absolute Gasteiger partial charge is 0.254 e. The highest BCUT2D eigenvalue weighted by Gasteiger charge is 2.39. The molecular weight excluding hydrogens is 440 g/mol. The van der Waals surface area contributed by atoms with Crippen LogP contribution in [0, 0.1) is 5.92 Å². The van der Waals surface area contributed by atoms with Crippen molar-refractivity contribution in [3.05, 3.63) is 51.0 Å². The molecule has 1 aromatic rings. The zero-order valence-electron chi connectivity index (χ0n) is 18.8. The molecule has 0 spiro atoms. The van der Waals surface area contributed by atoms with Gasteiger partial charge in [0.15, 0.2) is 0 Å². The van der Waals surface area contributed by atoms with Crippen molar-refractivity contribution < 1.29 is 4.79 Å². The van der Waals surface area contributed by atoms with Crippen LogP contribution in [0.4, 0.5) is 0 Å². The Morgan fingerprint density at radius 2 is 2.07 bits per heavy atom. The fourth-order valence-corrected chi connectivity index (χ4v) is 4.42. The van der Waals surface area contributed by atoms with E-state index in [-0.39, 0.29) is 23.3 Å². The van der Waals surface area contributed by atoms with Crippen molar-refractivity contribution in [1.82, 2.24) is 15.2 Å². The molecule has 1 amide bonds. The molecule has 1 saturated heterocycles. The van der Waals surface area contributed by atoms with Gasteiger partial charge in [-0.05, 0) is 80.7 Å². The van der Waals surface area contributed by atoms with Crippen LogP contribution in [0.2, 0.25) is 0 Å². The number of carbonyl (C=O) groups is 1. The zero-order chi connectivity index (χ0) is 22.1. The van der Waals surface area contributed by atoms with Gasteiger partial charge in [-0.3, -0.25) is 4.79 Å². The molecular formula is C24H33BrN4O. The summed E-state index contributed by atoms with van der Waals surface area (Å²) in [5.41, 5.74) is 3.85. The Morgan fingerprint density at radius 3 is 2.60 bits per heavy atom. The van der Waals surface area contributed by atoms with Gasteiger partial charge in [-0.2, -0.15) is 0 Å². The highest BCUT2D eigenvalue weighted by molar-refractivity contribution is 9.10. The van der Waals surface area contributed by atoms with Gasteiger partial charge in [-0.15, -0.1) is 0 Å². The van der Waals surface area contributed by atoms with E-state index in [1.807, 2.05) is 36.9 Å². The Morgan fingerprint density at radius 1 is 1.37 bits per heavy atom. The molecule has 2 heterocycles. The molecule has 30 heavy (non-hydrogen) atoms. The summed E-state index contributed by atoms with van der Waals surface area (Å²) < 4.78 is 0.834. The van der Waals surface area contributed by atoms with E-state index in [2.05, 4.69) is 58.7 Å². The lowest BCUT2D eigenvalue weighted by Crippen LogP contribution is -2.34. The summed E-state index contributed by atoms with van der Waals surface area (Å²) in [5, 5.41) is 3.55. The van der Waals surface area contributed by atoms with Crippen LogP contribution >= 0.6 is 15.9 Å². The van der Waals surface area contributed by atoms with Gasteiger partial charge in [-0.1, -0.05) is 25.5 Å². The molecule has 0 aromatic carbocycles. The van der Waals surface area contributed by atoms with Crippen molar-refractivity contribution in [3.8, 4) is 0 Å². The number of amides is 1. The van der Waals surface area contributed by atoms with Crippen LogP contribution in [-0.4, -0.2) is 41.1 Å². The third-order valence-electron chi connectivity index (χ3n) is 6.02. The van der Waals surface area contributed by atoms with Crippen molar-refractivity contribution in [3.63, 3.8) is 0 Å². The molecule has 1 N–H and O–H groups in total. The van der Waals surface area contributed by atoms with Crippen molar-refractivity contribution in [2.45, 2.75) is 65.3 Å². The number of allylic oxidation sites excluding steroid dienone is 1. The Labute approximate surface area is 188 Å². The third-order valence-corrected chi connectivity index (χ3v) is 6.47. The predicted molar refractivity (Wildman–Crippen MR) is 126 cm³/mol. The maximum absolute atomic E-state index is 13.7. The first-order valence-corrected chi connectivity index (χ1v) is 11.5. The van der Waals surface area contributed by atoms with Crippen LogP contribution in [0.25, 0.3) is 0 Å². The number of aliphatic imine (C=N–C) groups is 1. The van der Waals surface area contributed by atoms with Gasteiger partial charge >= 0.3 is 0 Å². The first-order valence-electron chi connectivity index (χ1n) is 10.7. The fraction of sp³-hybridized carbons (Fsp3) is 0.542. The lowest BCUT2D eigenvalue weighted by Gasteiger charge is -2.26. The maximum Gasteiger partial charge on any atom is 0.254 e. The molecule has 1 aromatic heterocycles. The van der Waals surface area contributed by atoms with Crippen LogP contribution in [0.1, 0.15) is 65.5 Å². The van der Waals surface area contributed by atoms with E-state index in [9.17, 15) is 4.79 Å². The number of likely N-dealkylation sites (tertiary alicyclic amines) is 1. The SMILES string of the molecule is C=N/C(NC1(C)CC1)=C(/C(C(=O)N1CCC(c2cccc(Br)n2)C1)=C(C)C)C(C)C. The summed E-state index contributed by atoms with van der Waals surface area (Å²) in [6.07, 6.45) is 3.15. The van der Waals surface area contributed by atoms with Crippen molar-refractivity contribution in [1.29, 1.82) is 0 Å². The van der Waals surface area contributed by atoms with E-state index in [1.165, 1.54) is 0 Å². The van der Waals surface area contributed by atoms with Gasteiger partial charge in [0.25, 0.3) is 5.91 Å². The highest BCUT2D eigenvalue weighted by Crippen LogP contribution is 2.38. The molecule has 2 fully saturated rings. The molecule has 162 valence electrons. The number of halogens is 1. The Bertz CT molecular complexity index is 894. The number of carbonyl (C=O) groups excluding carboxylic acids is 1. The summed E-state index contributed by atoms with van der Waals surface area (Å²) in [4.78, 5) is 24.6. The van der Waals surface area contributed by atoms with Gasteiger partial charge < -0.3 is 10.2 Å². The minimum atomic E-state index is 0.0670. The topological polar surface area (TPSA) is 57.6 Å². The Hall–Kier alpha value is -1.95. The van der Waals surface area contributed by atoms with Gasteiger partial charge in [0.05, 0.1) is 0 Å². The van der Waals surface area contributed by atoms with Gasteiger partial charge in [0.2, 0.25) is 0 Å². The molecule has 1 unspecified atom stereocenters. The molecule has 6 heteroatoms. The maximum atomic E-state index is 13.7. The lowest BCUT2D eigenvalue weighted by molar-refractivity contribution is -0.126. The predicted octanol–water partition coefficient (Wildman–Crippen LogP) is 5.21. The van der Waals surface area contributed by atoms with Crippen LogP contribution in [-0.2, 0) is 4.79 Å². The van der Waals surface area contributed by atoms with Crippen molar-refractivity contribution in [2.75, 3.05) is 13.1 Å². The standard InChI is InChI=1S/C24H33BrN4O/c1-15(2)20(22(26-6)28-24(5)11-12-24)21(16(3)4)23(30)29-13-10-17(14-29)18-8-7-9-19(25)27-18/h7-9,15,17,28H,6,10-14H2,1-5H3/b22-20-. The molecule has 2 aliphatic rings. The van der Waals surface area contributed by atoms with Gasteiger partial charge in [0, 0.05) is 41.4 Å². The van der Waals surface area contributed by atoms with Crippen molar-refractivity contribution in [2.24, 2.45) is 10.9 Å². The van der Waals surface area contributed by atoms with Crippen LogP contribution < -0.4 is 5.32 Å². The molecule has 1 aliphatic carbocycles. The van der Waals surface area contributed by atoms with E-state index in [0.717, 1.165) is 58.6 Å². The van der Waals surface area contributed by atoms with Crippen LogP contribution in [0.3, 0.4) is 0 Å². The highest BCUT2D eigenvalue weighted by atomic mass is 79.9. The minimum absolute atomic E-state index is 0.0670. The third kappa shape index (κ3) is 5.02. The molecule has 3 rings (SSSR count). The second-order valence-corrected chi connectivity index (χ2v) is 10.1. The Balaban J connectivity index is 1.89. The van der Waals surface area contributed by atoms with Crippen molar-refractivity contribution >= 4 is 28.6 Å². The van der Waals surface area contributed by atoms with E-state index in [0.29, 0.717) is 6.54 Å². The van der Waals surface area contributed by atoms with Gasteiger partial charge in [-0.25, -0.2) is 9.98 Å². The second-order valence-electron chi connectivity index (χ2n) is 9.26.